The molecule has 2 N–H and O–H groups in total. The fourth-order valence-corrected chi connectivity index (χ4v) is 2.91. The number of carbonyl (C=O) groups excluding carboxylic acids is 1. The van der Waals surface area contributed by atoms with Crippen molar-refractivity contribution in [2.24, 2.45) is 0 Å². The maximum absolute atomic E-state index is 12.5. The second kappa shape index (κ2) is 8.11. The molecule has 0 bridgehead atoms. The van der Waals surface area contributed by atoms with Gasteiger partial charge in [-0.25, -0.2) is 4.79 Å². The van der Waals surface area contributed by atoms with E-state index in [9.17, 15) is 4.79 Å². The molecule has 1 fully saturated rings. The van der Waals surface area contributed by atoms with E-state index in [1.165, 1.54) is 0 Å². The largest absolute Gasteiger partial charge is 0.376 e. The summed E-state index contributed by atoms with van der Waals surface area (Å²) in [6.45, 7) is 4.68. The van der Waals surface area contributed by atoms with Crippen LogP contribution in [0.25, 0.3) is 0 Å². The van der Waals surface area contributed by atoms with E-state index >= 15 is 0 Å². The molecule has 134 valence electrons. The molecule has 2 aromatic rings. The number of nitrogens with zero attached hydrogens (tertiary/aromatic N) is 2. The molecule has 2 heterocycles. The van der Waals surface area contributed by atoms with Crippen molar-refractivity contribution in [1.29, 1.82) is 0 Å². The van der Waals surface area contributed by atoms with E-state index in [0.29, 0.717) is 18.3 Å². The molecule has 7 nitrogen and oxygen atoms in total. The van der Waals surface area contributed by atoms with Gasteiger partial charge in [-0.2, -0.15) is 4.98 Å². The summed E-state index contributed by atoms with van der Waals surface area (Å²) in [6, 6.07) is 8.91. The van der Waals surface area contributed by atoms with Gasteiger partial charge in [-0.05, 0) is 25.3 Å². The summed E-state index contributed by atoms with van der Waals surface area (Å²) < 4.78 is 10.8. The number of hydrogen-bond acceptors (Lipinski definition) is 5. The number of amides is 2. The van der Waals surface area contributed by atoms with E-state index in [-0.39, 0.29) is 18.2 Å². The third-order valence-electron chi connectivity index (χ3n) is 4.31. The summed E-state index contributed by atoms with van der Waals surface area (Å²) in [5, 5.41) is 9.99. The number of rotatable bonds is 6. The minimum Gasteiger partial charge on any atom is -0.376 e. The highest BCUT2D eigenvalue weighted by atomic mass is 16.5. The molecule has 25 heavy (non-hydrogen) atoms. The monoisotopic (exact) mass is 344 g/mol. The van der Waals surface area contributed by atoms with E-state index < -0.39 is 6.04 Å². The lowest BCUT2D eigenvalue weighted by molar-refractivity contribution is 0.114. The summed E-state index contributed by atoms with van der Waals surface area (Å²) >= 11 is 0. The zero-order valence-corrected chi connectivity index (χ0v) is 14.6. The maximum atomic E-state index is 12.5. The predicted molar refractivity (Wildman–Crippen MR) is 92.1 cm³/mol. The minimum atomic E-state index is -0.465. The van der Waals surface area contributed by atoms with Crippen molar-refractivity contribution in [3.63, 3.8) is 0 Å². The van der Waals surface area contributed by atoms with Crippen molar-refractivity contribution in [3.05, 3.63) is 47.6 Å². The van der Waals surface area contributed by atoms with Crippen molar-refractivity contribution >= 4 is 6.03 Å². The SMILES string of the molecule is CCCc1nc([C@H](NC(=O)N[C@H]2CCO[C@@H]2C)c2ccccc2)no1. The van der Waals surface area contributed by atoms with Crippen LogP contribution in [0.5, 0.6) is 0 Å². The van der Waals surface area contributed by atoms with E-state index in [2.05, 4.69) is 27.7 Å². The highest BCUT2D eigenvalue weighted by molar-refractivity contribution is 5.75. The van der Waals surface area contributed by atoms with Gasteiger partial charge in [-0.1, -0.05) is 42.4 Å². The van der Waals surface area contributed by atoms with Gasteiger partial charge in [0, 0.05) is 13.0 Å². The molecular formula is C18H24N4O3. The van der Waals surface area contributed by atoms with Gasteiger partial charge < -0.3 is 19.9 Å². The predicted octanol–water partition coefficient (Wildman–Crippen LogP) is 2.59. The van der Waals surface area contributed by atoms with Crippen LogP contribution >= 0.6 is 0 Å². The molecule has 0 unspecified atom stereocenters. The quantitative estimate of drug-likeness (QED) is 0.841. The second-order valence-electron chi connectivity index (χ2n) is 6.23. The van der Waals surface area contributed by atoms with Gasteiger partial charge >= 0.3 is 6.03 Å². The zero-order chi connectivity index (χ0) is 17.6. The van der Waals surface area contributed by atoms with Crippen LogP contribution < -0.4 is 10.6 Å². The topological polar surface area (TPSA) is 89.3 Å². The first-order valence-corrected chi connectivity index (χ1v) is 8.73. The van der Waals surface area contributed by atoms with Crippen molar-refractivity contribution in [1.82, 2.24) is 20.8 Å². The summed E-state index contributed by atoms with van der Waals surface area (Å²) in [5.41, 5.74) is 0.900. The van der Waals surface area contributed by atoms with Gasteiger partial charge in [0.1, 0.15) is 6.04 Å². The first-order chi connectivity index (χ1) is 12.2. The Morgan fingerprint density at radius 2 is 2.16 bits per heavy atom. The number of urea groups is 1. The Balaban J connectivity index is 1.75. The minimum absolute atomic E-state index is 0.0114. The van der Waals surface area contributed by atoms with Crippen LogP contribution in [0.4, 0.5) is 4.79 Å². The standard InChI is InChI=1S/C18H24N4O3/c1-3-7-15-20-17(22-25-15)16(13-8-5-4-6-9-13)21-18(23)19-14-10-11-24-12(14)2/h4-6,8-9,12,14,16H,3,7,10-11H2,1-2H3,(H2,19,21,23)/t12-,14+,16-/m1/s1. The normalized spacial score (nSPS) is 21.0. The summed E-state index contributed by atoms with van der Waals surface area (Å²) in [4.78, 5) is 16.9. The van der Waals surface area contributed by atoms with Crippen molar-refractivity contribution in [3.8, 4) is 0 Å². The van der Waals surface area contributed by atoms with Crippen molar-refractivity contribution < 1.29 is 14.1 Å². The lowest BCUT2D eigenvalue weighted by Gasteiger charge is -2.20. The third kappa shape index (κ3) is 4.36. The first kappa shape index (κ1) is 17.4. The molecule has 0 aliphatic carbocycles. The summed E-state index contributed by atoms with van der Waals surface area (Å²) in [5.74, 6) is 1.04. The average Bonchev–Trinajstić information content (AvgIpc) is 3.23. The molecule has 0 radical (unpaired) electrons. The number of carbonyl (C=O) groups is 1. The van der Waals surface area contributed by atoms with Gasteiger partial charge in [-0.15, -0.1) is 0 Å². The number of aryl methyl sites for hydroxylation is 1. The highest BCUT2D eigenvalue weighted by Gasteiger charge is 2.28. The van der Waals surface area contributed by atoms with Gasteiger partial charge in [0.25, 0.3) is 0 Å². The number of ether oxygens (including phenoxy) is 1. The fraction of sp³-hybridized carbons (Fsp3) is 0.500. The molecule has 1 saturated heterocycles. The Kier molecular flexibility index (Phi) is 5.65. The number of nitrogens with one attached hydrogen (secondary N) is 2. The molecule has 2 amide bonds. The van der Waals surface area contributed by atoms with E-state index in [4.69, 9.17) is 9.26 Å². The molecule has 7 heteroatoms. The van der Waals surface area contributed by atoms with Crippen LogP contribution in [0, 0.1) is 0 Å². The van der Waals surface area contributed by atoms with Crippen LogP contribution in [0.15, 0.2) is 34.9 Å². The third-order valence-corrected chi connectivity index (χ3v) is 4.31. The second-order valence-corrected chi connectivity index (χ2v) is 6.23. The first-order valence-electron chi connectivity index (χ1n) is 8.73. The van der Waals surface area contributed by atoms with Gasteiger partial charge in [0.05, 0.1) is 12.1 Å². The van der Waals surface area contributed by atoms with Crippen LogP contribution in [0.2, 0.25) is 0 Å². The van der Waals surface area contributed by atoms with Crippen molar-refractivity contribution in [2.75, 3.05) is 6.61 Å². The van der Waals surface area contributed by atoms with Crippen LogP contribution in [-0.2, 0) is 11.2 Å². The molecule has 1 aromatic carbocycles. The maximum Gasteiger partial charge on any atom is 0.315 e. The van der Waals surface area contributed by atoms with E-state index in [0.717, 1.165) is 24.8 Å². The summed E-state index contributed by atoms with van der Waals surface area (Å²) in [7, 11) is 0. The highest BCUT2D eigenvalue weighted by Crippen LogP contribution is 2.20. The van der Waals surface area contributed by atoms with E-state index in [1.54, 1.807) is 0 Å². The van der Waals surface area contributed by atoms with Gasteiger partial charge in [0.2, 0.25) is 5.89 Å². The Bertz CT molecular complexity index is 689. The number of aromatic nitrogens is 2. The van der Waals surface area contributed by atoms with Crippen molar-refractivity contribution in [2.45, 2.75) is 51.3 Å². The Hall–Kier alpha value is -2.41. The lowest BCUT2D eigenvalue weighted by Crippen LogP contribution is -2.46. The lowest BCUT2D eigenvalue weighted by atomic mass is 10.1. The molecule has 3 atom stereocenters. The Morgan fingerprint density at radius 3 is 2.84 bits per heavy atom. The number of hydrogen-bond donors (Lipinski definition) is 2. The average molecular weight is 344 g/mol. The Morgan fingerprint density at radius 1 is 1.36 bits per heavy atom. The van der Waals surface area contributed by atoms with Gasteiger partial charge in [-0.3, -0.25) is 0 Å². The molecule has 3 rings (SSSR count). The molecule has 0 spiro atoms. The Labute approximate surface area is 147 Å². The molecule has 1 aliphatic rings. The number of benzene rings is 1. The summed E-state index contributed by atoms with van der Waals surface area (Å²) in [6.07, 6.45) is 2.47. The van der Waals surface area contributed by atoms with Crippen LogP contribution in [0.1, 0.15) is 50.0 Å². The molecule has 0 saturated carbocycles. The van der Waals surface area contributed by atoms with Crippen LogP contribution in [0.3, 0.4) is 0 Å². The van der Waals surface area contributed by atoms with E-state index in [1.807, 2.05) is 37.3 Å². The van der Waals surface area contributed by atoms with Crippen LogP contribution in [-0.4, -0.2) is 34.9 Å². The molecule has 1 aromatic heterocycles. The smallest absolute Gasteiger partial charge is 0.315 e. The fourth-order valence-electron chi connectivity index (χ4n) is 2.91. The van der Waals surface area contributed by atoms with Gasteiger partial charge in [0.15, 0.2) is 5.82 Å². The molecular weight excluding hydrogens is 320 g/mol. The molecule has 1 aliphatic heterocycles. The zero-order valence-electron chi connectivity index (χ0n) is 14.6.